The Hall–Kier alpha value is -2.98. The largest absolute Gasteiger partial charge is 0.340 e. The molecule has 0 bridgehead atoms. The van der Waals surface area contributed by atoms with E-state index in [1.54, 1.807) is 0 Å². The van der Waals surface area contributed by atoms with Crippen LogP contribution >= 0.6 is 11.6 Å². The Bertz CT molecular complexity index is 1330. The van der Waals surface area contributed by atoms with Gasteiger partial charge in [0.2, 0.25) is 0 Å². The molecule has 31 heavy (non-hydrogen) atoms. The maximum Gasteiger partial charge on any atom is 0.140 e. The van der Waals surface area contributed by atoms with Gasteiger partial charge in [-0.1, -0.05) is 41.2 Å². The fraction of sp³-hybridized carbons (Fsp3) is 0.167. The van der Waals surface area contributed by atoms with Crippen LogP contribution < -0.4 is 16.2 Å². The van der Waals surface area contributed by atoms with Crippen molar-refractivity contribution in [3.8, 4) is 11.3 Å². The van der Waals surface area contributed by atoms with Crippen LogP contribution in [0.15, 0.2) is 43.2 Å². The van der Waals surface area contributed by atoms with Crippen molar-refractivity contribution in [2.24, 2.45) is 7.05 Å². The number of pyridine rings is 1. The van der Waals surface area contributed by atoms with Crippen molar-refractivity contribution >= 4 is 60.5 Å². The van der Waals surface area contributed by atoms with Gasteiger partial charge < -0.3 is 9.88 Å². The van der Waals surface area contributed by atoms with Gasteiger partial charge in [0.1, 0.15) is 27.3 Å². The summed E-state index contributed by atoms with van der Waals surface area (Å²) in [7, 11) is 6.18. The first-order valence-electron chi connectivity index (χ1n) is 10.3. The van der Waals surface area contributed by atoms with Crippen molar-refractivity contribution in [2.75, 3.05) is 5.32 Å². The lowest BCUT2D eigenvalue weighted by Gasteiger charge is -2.20. The highest BCUT2D eigenvalue weighted by Crippen LogP contribution is 2.28. The third-order valence-electron chi connectivity index (χ3n) is 6.35. The molecule has 4 rings (SSSR count). The van der Waals surface area contributed by atoms with Crippen molar-refractivity contribution in [3.63, 3.8) is 0 Å². The minimum absolute atomic E-state index is 0.764. The number of halogens is 1. The number of imidazole rings is 1. The maximum atomic E-state index is 6.50. The molecule has 2 aromatic heterocycles. The Morgan fingerprint density at radius 3 is 2.42 bits per heavy atom. The van der Waals surface area contributed by atoms with E-state index in [1.165, 1.54) is 0 Å². The van der Waals surface area contributed by atoms with Crippen LogP contribution in [0.2, 0.25) is 5.02 Å². The maximum absolute atomic E-state index is 6.50. The summed E-state index contributed by atoms with van der Waals surface area (Å²) in [6, 6.07) is 8.44. The normalized spacial score (nSPS) is 11.1. The zero-order chi connectivity index (χ0) is 22.4. The van der Waals surface area contributed by atoms with Gasteiger partial charge in [0.25, 0.3) is 0 Å². The average Bonchev–Trinajstić information content (AvgIpc) is 3.09. The summed E-state index contributed by atoms with van der Waals surface area (Å²) in [4.78, 5) is 9.02. The van der Waals surface area contributed by atoms with Gasteiger partial charge in [-0.05, 0) is 55.0 Å². The molecule has 0 spiro atoms. The fourth-order valence-corrected chi connectivity index (χ4v) is 4.36. The van der Waals surface area contributed by atoms with Gasteiger partial charge >= 0.3 is 0 Å². The Kier molecular flexibility index (Phi) is 5.44. The number of aromatic nitrogens is 3. The second-order valence-electron chi connectivity index (χ2n) is 8.17. The zero-order valence-corrected chi connectivity index (χ0v) is 19.6. The van der Waals surface area contributed by atoms with Crippen LogP contribution in [0.25, 0.3) is 27.7 Å². The van der Waals surface area contributed by atoms with Crippen LogP contribution in [0.5, 0.6) is 0 Å². The van der Waals surface area contributed by atoms with E-state index in [2.05, 4.69) is 80.2 Å². The summed E-state index contributed by atoms with van der Waals surface area (Å²) in [5.41, 5.74) is 8.59. The molecule has 2 aromatic carbocycles. The van der Waals surface area contributed by atoms with Crippen LogP contribution in [0, 0.1) is 20.8 Å². The number of hydrogen-bond donors (Lipinski definition) is 1. The van der Waals surface area contributed by atoms with Crippen molar-refractivity contribution in [1.82, 2.24) is 14.5 Å². The van der Waals surface area contributed by atoms with Crippen molar-refractivity contribution < 1.29 is 0 Å². The molecule has 0 saturated heterocycles. The number of aryl methyl sites for hydroxylation is 1. The summed E-state index contributed by atoms with van der Waals surface area (Å²) in [5, 5.41) is 6.44. The van der Waals surface area contributed by atoms with E-state index in [4.69, 9.17) is 11.6 Å². The molecule has 0 unspecified atom stereocenters. The zero-order valence-electron chi connectivity index (χ0n) is 18.9. The Balaban J connectivity index is 1.71. The van der Waals surface area contributed by atoms with E-state index in [-0.39, 0.29) is 0 Å². The second-order valence-corrected chi connectivity index (χ2v) is 8.55. The molecule has 0 saturated carbocycles. The van der Waals surface area contributed by atoms with E-state index in [9.17, 15) is 0 Å². The minimum Gasteiger partial charge on any atom is -0.340 e. The van der Waals surface area contributed by atoms with Gasteiger partial charge in [-0.2, -0.15) is 0 Å². The standard InChI is InChI=1S/C24H25B2ClN4/c1-12-13(2)24(27)23(26)22(25)21(12)14(3)30-20-9-18-8-16(6-7-17(18)10-29-20)19-11-28-15(4)31(19)5/h6-11H,3,25-26H2,1-2,4-5H3,(H,29,30). The molecule has 0 fully saturated rings. The van der Waals surface area contributed by atoms with Crippen LogP contribution in [-0.4, -0.2) is 30.2 Å². The van der Waals surface area contributed by atoms with Crippen molar-refractivity contribution in [3.05, 3.63) is 70.8 Å². The number of fused-ring (bicyclic) bond motifs is 1. The van der Waals surface area contributed by atoms with E-state index in [0.717, 1.165) is 72.0 Å². The minimum atomic E-state index is 0.764. The third kappa shape index (κ3) is 3.66. The monoisotopic (exact) mass is 426 g/mol. The van der Waals surface area contributed by atoms with Gasteiger partial charge in [0.05, 0.1) is 11.9 Å². The number of hydrogen-bond acceptors (Lipinski definition) is 3. The summed E-state index contributed by atoms with van der Waals surface area (Å²) >= 11 is 6.50. The molecule has 0 aliphatic carbocycles. The van der Waals surface area contributed by atoms with E-state index < -0.39 is 0 Å². The lowest BCUT2D eigenvalue weighted by molar-refractivity contribution is 0.865. The lowest BCUT2D eigenvalue weighted by Crippen LogP contribution is -2.32. The highest BCUT2D eigenvalue weighted by Gasteiger charge is 2.16. The molecule has 4 aromatic rings. The fourth-order valence-electron chi connectivity index (χ4n) is 4.08. The molecule has 7 heteroatoms. The Morgan fingerprint density at radius 1 is 1.00 bits per heavy atom. The summed E-state index contributed by atoms with van der Waals surface area (Å²) in [6.45, 7) is 10.5. The summed E-state index contributed by atoms with van der Waals surface area (Å²) < 4.78 is 2.10. The molecule has 0 amide bonds. The number of nitrogens with one attached hydrogen (secondary N) is 1. The van der Waals surface area contributed by atoms with Crippen LogP contribution in [0.4, 0.5) is 5.82 Å². The molecular formula is C24H25B2ClN4. The molecule has 0 aliphatic rings. The van der Waals surface area contributed by atoms with Gasteiger partial charge in [-0.25, -0.2) is 9.97 Å². The molecule has 1 N–H and O–H groups in total. The molecular weight excluding hydrogens is 401 g/mol. The van der Waals surface area contributed by atoms with Crippen molar-refractivity contribution in [1.29, 1.82) is 0 Å². The first-order valence-corrected chi connectivity index (χ1v) is 10.7. The van der Waals surface area contributed by atoms with Crippen molar-refractivity contribution in [2.45, 2.75) is 20.8 Å². The quantitative estimate of drug-likeness (QED) is 0.511. The SMILES string of the molecule is Bc1c(B)c(C(=C)Nc2cc3cc(-c4cnc(C)n4C)ccc3cn2)c(C)c(C)c1Cl. The molecule has 154 valence electrons. The van der Waals surface area contributed by atoms with E-state index in [1.807, 2.05) is 26.4 Å². The van der Waals surface area contributed by atoms with Gasteiger partial charge in [-0.15, -0.1) is 0 Å². The Labute approximate surface area is 190 Å². The first kappa shape index (κ1) is 21.3. The Morgan fingerprint density at radius 2 is 1.74 bits per heavy atom. The average molecular weight is 427 g/mol. The molecule has 0 atom stereocenters. The van der Waals surface area contributed by atoms with Gasteiger partial charge in [0.15, 0.2) is 0 Å². The summed E-state index contributed by atoms with van der Waals surface area (Å²) in [5.74, 6) is 1.75. The number of anilines is 1. The second kappa shape index (κ2) is 7.93. The number of rotatable bonds is 4. The lowest BCUT2D eigenvalue weighted by atomic mass is 9.74. The predicted octanol–water partition coefficient (Wildman–Crippen LogP) is 2.81. The van der Waals surface area contributed by atoms with Crippen LogP contribution in [0.3, 0.4) is 0 Å². The first-order chi connectivity index (χ1) is 14.7. The van der Waals surface area contributed by atoms with Crippen LogP contribution in [0.1, 0.15) is 22.5 Å². The van der Waals surface area contributed by atoms with E-state index in [0.29, 0.717) is 0 Å². The van der Waals surface area contributed by atoms with Gasteiger partial charge in [-0.3, -0.25) is 0 Å². The third-order valence-corrected chi connectivity index (χ3v) is 6.92. The van der Waals surface area contributed by atoms with Gasteiger partial charge in [0, 0.05) is 34.9 Å². The molecule has 0 aliphatic heterocycles. The number of nitrogens with zero attached hydrogens (tertiary/aromatic N) is 3. The molecule has 2 heterocycles. The highest BCUT2D eigenvalue weighted by atomic mass is 35.5. The molecule has 0 radical (unpaired) electrons. The predicted molar refractivity (Wildman–Crippen MR) is 139 cm³/mol. The molecule has 4 nitrogen and oxygen atoms in total. The van der Waals surface area contributed by atoms with Crippen LogP contribution in [-0.2, 0) is 7.05 Å². The smallest absolute Gasteiger partial charge is 0.140 e. The topological polar surface area (TPSA) is 42.7 Å². The summed E-state index contributed by atoms with van der Waals surface area (Å²) in [6.07, 6.45) is 3.80. The highest BCUT2D eigenvalue weighted by molar-refractivity contribution is 6.56. The van der Waals surface area contributed by atoms with E-state index >= 15 is 0 Å². The number of benzene rings is 2.